The highest BCUT2D eigenvalue weighted by Gasteiger charge is 1.99. The van der Waals surface area contributed by atoms with E-state index in [9.17, 15) is 8.78 Å². The zero-order valence-electron chi connectivity index (χ0n) is 5.70. The van der Waals surface area contributed by atoms with Crippen molar-refractivity contribution in [2.75, 3.05) is 0 Å². The summed E-state index contributed by atoms with van der Waals surface area (Å²) < 4.78 is 25.0. The van der Waals surface area contributed by atoms with E-state index >= 15 is 0 Å². The van der Waals surface area contributed by atoms with Gasteiger partial charge in [-0.1, -0.05) is 6.32 Å². The van der Waals surface area contributed by atoms with E-state index in [0.717, 1.165) is 12.1 Å². The average molecular weight is 140 g/mol. The van der Waals surface area contributed by atoms with Crippen LogP contribution in [-0.2, 0) is 6.32 Å². The second-order valence-electron chi connectivity index (χ2n) is 2.09. The maximum Gasteiger partial charge on any atom is 0.125 e. The van der Waals surface area contributed by atoms with Gasteiger partial charge in [0.1, 0.15) is 19.5 Å². The number of halogens is 2. The maximum absolute atomic E-state index is 12.6. The van der Waals surface area contributed by atoms with Crippen LogP contribution in [0.3, 0.4) is 0 Å². The summed E-state index contributed by atoms with van der Waals surface area (Å²) in [6.45, 7) is 0. The topological polar surface area (TPSA) is 0 Å². The molecule has 0 N–H and O–H groups in total. The van der Waals surface area contributed by atoms with Gasteiger partial charge in [-0.2, -0.15) is 0 Å². The first-order valence-electron chi connectivity index (χ1n) is 3.18. The summed E-state index contributed by atoms with van der Waals surface area (Å²) in [5.74, 6) is -0.706. The molecule has 1 aromatic rings. The summed E-state index contributed by atoms with van der Waals surface area (Å²) in [6.07, 6.45) is 0.531. The quantitative estimate of drug-likeness (QED) is 0.512. The third kappa shape index (κ3) is 1.35. The van der Waals surface area contributed by atoms with Gasteiger partial charge >= 0.3 is 0 Å². The van der Waals surface area contributed by atoms with Crippen molar-refractivity contribution < 1.29 is 8.78 Å². The highest BCUT2D eigenvalue weighted by molar-refractivity contribution is 6.08. The molecular weight excluding hydrogens is 133 g/mol. The molecule has 0 fully saturated rings. The van der Waals surface area contributed by atoms with Crippen molar-refractivity contribution in [3.63, 3.8) is 0 Å². The molecule has 52 valence electrons. The molecule has 0 nitrogen and oxygen atoms in total. The fraction of sp³-hybridized carbons (Fsp3) is 0.143. The van der Waals surface area contributed by atoms with Gasteiger partial charge in [0.15, 0.2) is 0 Å². The fourth-order valence-electron chi connectivity index (χ4n) is 0.814. The van der Waals surface area contributed by atoms with Gasteiger partial charge in [0.05, 0.1) is 0 Å². The Labute approximate surface area is 59.3 Å². The van der Waals surface area contributed by atoms with Crippen molar-refractivity contribution in [2.45, 2.75) is 6.32 Å². The van der Waals surface area contributed by atoms with Crippen LogP contribution in [-0.4, -0.2) is 7.85 Å². The van der Waals surface area contributed by atoms with Crippen LogP contribution in [0.4, 0.5) is 8.78 Å². The number of hydrogen-bond donors (Lipinski definition) is 0. The zero-order chi connectivity index (χ0) is 7.56. The molecule has 1 aromatic carbocycles. The minimum Gasteiger partial charge on any atom is -0.207 e. The highest BCUT2D eigenvalue weighted by atomic mass is 19.1. The van der Waals surface area contributed by atoms with E-state index in [4.69, 9.17) is 0 Å². The third-order valence-electron chi connectivity index (χ3n) is 1.39. The van der Waals surface area contributed by atoms with Gasteiger partial charge in [-0.3, -0.25) is 0 Å². The standard InChI is InChI=1S/C7H7BF2/c8-4-5-3-6(9)1-2-7(5)10/h1-3H,4,8H2. The molecule has 0 aliphatic rings. The third-order valence-corrected chi connectivity index (χ3v) is 1.39. The monoisotopic (exact) mass is 140 g/mol. The van der Waals surface area contributed by atoms with Crippen LogP contribution in [0.15, 0.2) is 18.2 Å². The normalized spacial score (nSPS) is 9.80. The molecule has 0 bridgehead atoms. The lowest BCUT2D eigenvalue weighted by atomic mass is 9.97. The first kappa shape index (κ1) is 7.25. The number of rotatable bonds is 1. The van der Waals surface area contributed by atoms with Gasteiger partial charge in [-0.25, -0.2) is 8.78 Å². The Morgan fingerprint density at radius 3 is 2.50 bits per heavy atom. The van der Waals surface area contributed by atoms with E-state index in [1.807, 2.05) is 0 Å². The molecule has 1 rings (SSSR count). The highest BCUT2D eigenvalue weighted by Crippen LogP contribution is 2.08. The Bertz CT molecular complexity index is 235. The van der Waals surface area contributed by atoms with Gasteiger partial charge < -0.3 is 0 Å². The van der Waals surface area contributed by atoms with Crippen LogP contribution in [0, 0.1) is 11.6 Å². The van der Waals surface area contributed by atoms with Crippen LogP contribution in [0.5, 0.6) is 0 Å². The van der Waals surface area contributed by atoms with Crippen LogP contribution in [0.25, 0.3) is 0 Å². The summed E-state index contributed by atoms with van der Waals surface area (Å²) in [7, 11) is 1.79. The van der Waals surface area contributed by atoms with Crippen molar-refractivity contribution in [1.82, 2.24) is 0 Å². The summed E-state index contributed by atoms with van der Waals surface area (Å²) in [6, 6.07) is 3.48. The second kappa shape index (κ2) is 2.82. The Hall–Kier alpha value is -0.855. The van der Waals surface area contributed by atoms with E-state index in [-0.39, 0.29) is 11.6 Å². The fourth-order valence-corrected chi connectivity index (χ4v) is 0.814. The van der Waals surface area contributed by atoms with Crippen LogP contribution in [0.2, 0.25) is 0 Å². The first-order valence-corrected chi connectivity index (χ1v) is 3.18. The number of hydrogen-bond acceptors (Lipinski definition) is 0. The average Bonchev–Trinajstić information content (AvgIpc) is 1.94. The van der Waals surface area contributed by atoms with E-state index in [0.29, 0.717) is 11.9 Å². The van der Waals surface area contributed by atoms with Gasteiger partial charge in [0.2, 0.25) is 0 Å². The Balaban J connectivity index is 3.09. The van der Waals surface area contributed by atoms with Crippen molar-refractivity contribution in [2.24, 2.45) is 0 Å². The van der Waals surface area contributed by atoms with Gasteiger partial charge in [0.25, 0.3) is 0 Å². The summed E-state index contributed by atoms with van der Waals surface area (Å²) in [5, 5.41) is 0. The van der Waals surface area contributed by atoms with Crippen molar-refractivity contribution in [1.29, 1.82) is 0 Å². The molecule has 0 aromatic heterocycles. The molecule has 0 heterocycles. The SMILES string of the molecule is BCc1cc(F)ccc1F. The van der Waals surface area contributed by atoms with Crippen LogP contribution >= 0.6 is 0 Å². The number of benzene rings is 1. The lowest BCUT2D eigenvalue weighted by Crippen LogP contribution is -1.90. The van der Waals surface area contributed by atoms with Crippen LogP contribution in [0.1, 0.15) is 5.56 Å². The largest absolute Gasteiger partial charge is 0.207 e. The molecule has 0 aliphatic carbocycles. The van der Waals surface area contributed by atoms with Crippen molar-refractivity contribution >= 4 is 7.85 Å². The molecular formula is C7H7BF2. The zero-order valence-corrected chi connectivity index (χ0v) is 5.70. The Morgan fingerprint density at radius 2 is 2.00 bits per heavy atom. The van der Waals surface area contributed by atoms with Crippen molar-refractivity contribution in [3.8, 4) is 0 Å². The molecule has 0 unspecified atom stereocenters. The maximum atomic E-state index is 12.6. The molecule has 0 amide bonds. The van der Waals surface area contributed by atoms with Gasteiger partial charge in [0, 0.05) is 0 Å². The molecule has 0 spiro atoms. The van der Waals surface area contributed by atoms with Gasteiger partial charge in [-0.15, -0.1) is 0 Å². The lowest BCUT2D eigenvalue weighted by molar-refractivity contribution is 0.591. The predicted octanol–water partition coefficient (Wildman–Crippen LogP) is 1.10. The molecule has 0 saturated carbocycles. The Morgan fingerprint density at radius 1 is 1.30 bits per heavy atom. The summed E-state index contributed by atoms with van der Waals surface area (Å²) in [4.78, 5) is 0. The molecule has 3 heteroatoms. The smallest absolute Gasteiger partial charge is 0.125 e. The van der Waals surface area contributed by atoms with E-state index in [1.54, 1.807) is 7.85 Å². The minimum atomic E-state index is -0.377. The molecule has 0 radical (unpaired) electrons. The van der Waals surface area contributed by atoms with E-state index in [2.05, 4.69) is 0 Å². The van der Waals surface area contributed by atoms with Crippen molar-refractivity contribution in [3.05, 3.63) is 35.4 Å². The van der Waals surface area contributed by atoms with E-state index in [1.165, 1.54) is 6.07 Å². The van der Waals surface area contributed by atoms with E-state index < -0.39 is 0 Å². The molecule has 0 aliphatic heterocycles. The second-order valence-corrected chi connectivity index (χ2v) is 2.09. The lowest BCUT2D eigenvalue weighted by Gasteiger charge is -1.96. The molecule has 10 heavy (non-hydrogen) atoms. The van der Waals surface area contributed by atoms with Gasteiger partial charge in [-0.05, 0) is 23.8 Å². The summed E-state index contributed by atoms with van der Waals surface area (Å²) >= 11 is 0. The molecule has 0 atom stereocenters. The minimum absolute atomic E-state index is 0.330. The first-order chi connectivity index (χ1) is 4.74. The Kier molecular flexibility index (Phi) is 2.04. The van der Waals surface area contributed by atoms with Crippen LogP contribution < -0.4 is 0 Å². The predicted molar refractivity (Wildman–Crippen MR) is 38.6 cm³/mol. The summed E-state index contributed by atoms with van der Waals surface area (Å²) in [5.41, 5.74) is 0.431. The molecule has 0 saturated heterocycles.